The van der Waals surface area contributed by atoms with Crippen LogP contribution in [0.1, 0.15) is 78.0 Å². The number of nitrogens with zero attached hydrogens (tertiary/aromatic N) is 1. The van der Waals surface area contributed by atoms with Crippen LogP contribution in [0.4, 0.5) is 5.69 Å². The molecule has 33 heavy (non-hydrogen) atoms. The highest BCUT2D eigenvalue weighted by Crippen LogP contribution is 2.51. The minimum Gasteiger partial charge on any atom is -0.464 e. The van der Waals surface area contributed by atoms with Gasteiger partial charge in [0.25, 0.3) is 0 Å². The number of H-pyrrole nitrogens is 1. The van der Waals surface area contributed by atoms with Crippen LogP contribution >= 0.6 is 0 Å². The molecule has 1 aliphatic carbocycles. The van der Waals surface area contributed by atoms with Gasteiger partial charge in [0, 0.05) is 30.7 Å². The van der Waals surface area contributed by atoms with E-state index in [1.54, 1.807) is 6.92 Å². The molecule has 180 valence electrons. The van der Waals surface area contributed by atoms with Crippen LogP contribution in [0.2, 0.25) is 0 Å². The molecule has 2 heterocycles. The molecule has 0 fully saturated rings. The first kappa shape index (κ1) is 23.7. The van der Waals surface area contributed by atoms with Gasteiger partial charge in [0.05, 0.1) is 12.1 Å². The lowest BCUT2D eigenvalue weighted by Crippen LogP contribution is -2.53. The molecule has 2 aliphatic rings. The van der Waals surface area contributed by atoms with Gasteiger partial charge in [-0.1, -0.05) is 41.5 Å². The van der Waals surface area contributed by atoms with Gasteiger partial charge in [-0.2, -0.15) is 0 Å². The summed E-state index contributed by atoms with van der Waals surface area (Å²) in [6.07, 6.45) is 4.66. The molecule has 2 aromatic rings. The Hall–Kier alpha value is -2.50. The van der Waals surface area contributed by atoms with Crippen molar-refractivity contribution in [2.24, 2.45) is 5.92 Å². The Bertz CT molecular complexity index is 1100. The third-order valence-corrected chi connectivity index (χ3v) is 7.81. The minimum absolute atomic E-state index is 0.0363. The highest BCUT2D eigenvalue weighted by Gasteiger charge is 2.42. The van der Waals surface area contributed by atoms with Gasteiger partial charge < -0.3 is 19.9 Å². The van der Waals surface area contributed by atoms with E-state index in [0.717, 1.165) is 35.0 Å². The van der Waals surface area contributed by atoms with Gasteiger partial charge in [-0.3, -0.25) is 4.79 Å². The first-order chi connectivity index (χ1) is 15.4. The van der Waals surface area contributed by atoms with E-state index in [-0.39, 0.29) is 35.2 Å². The molecule has 1 aromatic heterocycles. The van der Waals surface area contributed by atoms with Crippen molar-refractivity contribution in [1.29, 1.82) is 0 Å². The molecule has 2 N–H and O–H groups in total. The lowest BCUT2D eigenvalue weighted by atomic mass is 9.62. The van der Waals surface area contributed by atoms with Crippen LogP contribution in [0, 0.1) is 5.92 Å². The van der Waals surface area contributed by atoms with Crippen molar-refractivity contribution in [1.82, 2.24) is 10.3 Å². The molecule has 4 rings (SSSR count). The molecule has 1 aliphatic heterocycles. The number of anilines is 1. The number of aromatic nitrogens is 1. The molecule has 6 heteroatoms. The summed E-state index contributed by atoms with van der Waals surface area (Å²) in [6.45, 7) is 15.5. The summed E-state index contributed by atoms with van der Waals surface area (Å²) in [4.78, 5) is 31.9. The number of rotatable bonds is 3. The molecule has 1 aromatic carbocycles. The molecule has 6 nitrogen and oxygen atoms in total. The van der Waals surface area contributed by atoms with Crippen molar-refractivity contribution in [2.75, 3.05) is 18.6 Å². The van der Waals surface area contributed by atoms with Gasteiger partial charge in [0.15, 0.2) is 0 Å². The summed E-state index contributed by atoms with van der Waals surface area (Å²) in [5, 5.41) is 4.13. The van der Waals surface area contributed by atoms with Crippen LogP contribution in [0.3, 0.4) is 0 Å². The number of esters is 1. The number of nitrogens with one attached hydrogen (secondary N) is 2. The zero-order valence-electron chi connectivity index (χ0n) is 21.4. The second-order valence-corrected chi connectivity index (χ2v) is 11.5. The Morgan fingerprint density at radius 1 is 1.21 bits per heavy atom. The van der Waals surface area contributed by atoms with Crippen LogP contribution < -0.4 is 10.2 Å². The predicted molar refractivity (Wildman–Crippen MR) is 133 cm³/mol. The second kappa shape index (κ2) is 8.07. The number of hydrogen-bond donors (Lipinski definition) is 2. The van der Waals surface area contributed by atoms with Gasteiger partial charge in [0.1, 0.15) is 12.1 Å². The van der Waals surface area contributed by atoms with Crippen molar-refractivity contribution in [3.05, 3.63) is 29.0 Å². The van der Waals surface area contributed by atoms with E-state index in [0.29, 0.717) is 6.42 Å². The van der Waals surface area contributed by atoms with Gasteiger partial charge in [0.2, 0.25) is 5.91 Å². The molecular weight excluding hydrogens is 414 g/mol. The summed E-state index contributed by atoms with van der Waals surface area (Å²) < 4.78 is 5.32. The van der Waals surface area contributed by atoms with E-state index in [1.165, 1.54) is 11.1 Å². The summed E-state index contributed by atoms with van der Waals surface area (Å²) in [6, 6.07) is 1.21. The maximum Gasteiger partial charge on any atom is 0.328 e. The molecule has 2 atom stereocenters. The van der Waals surface area contributed by atoms with E-state index in [4.69, 9.17) is 4.74 Å². The molecule has 0 spiro atoms. The summed E-state index contributed by atoms with van der Waals surface area (Å²) in [5.41, 5.74) is 6.04. The lowest BCUT2D eigenvalue weighted by molar-refractivity contribution is -0.147. The van der Waals surface area contributed by atoms with Crippen molar-refractivity contribution < 1.29 is 14.3 Å². The van der Waals surface area contributed by atoms with Crippen LogP contribution in [0.15, 0.2) is 12.3 Å². The first-order valence-corrected chi connectivity index (χ1v) is 12.3. The maximum absolute atomic E-state index is 13.4. The number of ether oxygens (including phenoxy) is 1. The average molecular weight is 454 g/mol. The van der Waals surface area contributed by atoms with E-state index in [2.05, 4.69) is 62.8 Å². The van der Waals surface area contributed by atoms with E-state index in [1.807, 2.05) is 13.2 Å². The monoisotopic (exact) mass is 453 g/mol. The number of likely N-dealkylation sites (N-methyl/N-ethyl adjacent to an activating group) is 1. The largest absolute Gasteiger partial charge is 0.464 e. The number of carbonyl (C=O) groups excluding carboxylic acids is 2. The third kappa shape index (κ3) is 3.81. The van der Waals surface area contributed by atoms with Crippen LogP contribution in [0.25, 0.3) is 10.9 Å². The second-order valence-electron chi connectivity index (χ2n) is 11.5. The van der Waals surface area contributed by atoms with Crippen LogP contribution in [-0.4, -0.2) is 42.6 Å². The summed E-state index contributed by atoms with van der Waals surface area (Å²) >= 11 is 0. The molecule has 0 unspecified atom stereocenters. The summed E-state index contributed by atoms with van der Waals surface area (Å²) in [5.74, 6) is -0.452. The van der Waals surface area contributed by atoms with Crippen molar-refractivity contribution in [2.45, 2.75) is 90.6 Å². The Labute approximate surface area is 197 Å². The number of hydrogen-bond acceptors (Lipinski definition) is 4. The molecule has 1 amide bonds. The zero-order valence-corrected chi connectivity index (χ0v) is 21.4. The third-order valence-electron chi connectivity index (χ3n) is 7.81. The fourth-order valence-electron chi connectivity index (χ4n) is 5.92. The fourth-order valence-corrected chi connectivity index (χ4v) is 5.92. The minimum atomic E-state index is -0.711. The maximum atomic E-state index is 13.4. The topological polar surface area (TPSA) is 74.4 Å². The smallest absolute Gasteiger partial charge is 0.328 e. The zero-order chi connectivity index (χ0) is 24.3. The standard InChI is InChI=1S/C27H39N3O3/c1-9-33-25(32)18-12-16-14-28-22-20(16)19(30(8)23(15(2)3)24(31)29-18)13-17-21(22)27(6,7)11-10-26(17,4)5/h13-15,18,23,28H,9-12H2,1-8H3,(H,29,31)/t18-,23-/m0/s1. The van der Waals surface area contributed by atoms with E-state index >= 15 is 0 Å². The van der Waals surface area contributed by atoms with Gasteiger partial charge in [-0.05, 0) is 59.3 Å². The molecule has 0 saturated heterocycles. The molecule has 0 saturated carbocycles. The van der Waals surface area contributed by atoms with E-state index < -0.39 is 12.1 Å². The summed E-state index contributed by atoms with van der Waals surface area (Å²) in [7, 11) is 2.01. The number of benzene rings is 1. The molecular formula is C27H39N3O3. The van der Waals surface area contributed by atoms with Gasteiger partial charge in [-0.15, -0.1) is 0 Å². The Morgan fingerprint density at radius 3 is 2.52 bits per heavy atom. The number of amides is 1. The van der Waals surface area contributed by atoms with Gasteiger partial charge in [-0.25, -0.2) is 4.79 Å². The Balaban J connectivity index is 2.03. The predicted octanol–water partition coefficient (Wildman–Crippen LogP) is 4.58. The number of aromatic amines is 1. The van der Waals surface area contributed by atoms with Crippen molar-refractivity contribution in [3.63, 3.8) is 0 Å². The highest BCUT2D eigenvalue weighted by molar-refractivity contribution is 6.02. The molecule has 0 bridgehead atoms. The van der Waals surface area contributed by atoms with Crippen molar-refractivity contribution in [3.8, 4) is 0 Å². The highest BCUT2D eigenvalue weighted by atomic mass is 16.5. The number of fused-ring (bicyclic) bond motifs is 2. The quantitative estimate of drug-likeness (QED) is 0.667. The normalized spacial score (nSPS) is 24.0. The van der Waals surface area contributed by atoms with E-state index in [9.17, 15) is 9.59 Å². The average Bonchev–Trinajstić information content (AvgIpc) is 3.14. The molecule has 0 radical (unpaired) electrons. The van der Waals surface area contributed by atoms with Gasteiger partial charge >= 0.3 is 5.97 Å². The number of carbonyl (C=O) groups is 2. The fraction of sp³-hybridized carbons (Fsp3) is 0.630. The Morgan fingerprint density at radius 2 is 1.88 bits per heavy atom. The van der Waals surface area contributed by atoms with Crippen LogP contribution in [0.5, 0.6) is 0 Å². The first-order valence-electron chi connectivity index (χ1n) is 12.3. The lowest BCUT2D eigenvalue weighted by Gasteiger charge is -2.43. The van der Waals surface area contributed by atoms with Crippen LogP contribution in [-0.2, 0) is 31.6 Å². The SMILES string of the molecule is CCOC(=O)[C@@H]1Cc2c[nH]c3c4c(cc(c23)N(C)[C@@H](C(C)C)C(=O)N1)C(C)(C)CCC4(C)C. The Kier molecular flexibility index (Phi) is 5.78. The van der Waals surface area contributed by atoms with Crippen molar-refractivity contribution >= 4 is 28.5 Å².